The summed E-state index contributed by atoms with van der Waals surface area (Å²) in [6.07, 6.45) is 4.42. The molecule has 0 spiro atoms. The predicted octanol–water partition coefficient (Wildman–Crippen LogP) is 2.60. The maximum atomic E-state index is 11.5. The lowest BCUT2D eigenvalue weighted by Crippen LogP contribution is -2.07. The Morgan fingerprint density at radius 3 is 2.93 bits per heavy atom. The second-order valence-electron chi connectivity index (χ2n) is 3.38. The maximum Gasteiger partial charge on any atom is 0.338 e. The summed E-state index contributed by atoms with van der Waals surface area (Å²) in [5.41, 5.74) is 1.51. The van der Waals surface area contributed by atoms with Gasteiger partial charge in [-0.05, 0) is 25.0 Å². The molecule has 1 aromatic rings. The third kappa shape index (κ3) is 3.70. The number of esters is 1. The van der Waals surface area contributed by atoms with Crippen molar-refractivity contribution in [2.45, 2.75) is 33.1 Å². The summed E-state index contributed by atoms with van der Waals surface area (Å²) in [5, 5.41) is 0. The number of rotatable bonds is 5. The predicted molar refractivity (Wildman–Crippen MR) is 58.8 cm³/mol. The molecule has 3 nitrogen and oxygen atoms in total. The van der Waals surface area contributed by atoms with E-state index in [-0.39, 0.29) is 5.97 Å². The van der Waals surface area contributed by atoms with Gasteiger partial charge in [0.15, 0.2) is 0 Å². The molecule has 0 bridgehead atoms. The van der Waals surface area contributed by atoms with Gasteiger partial charge in [-0.25, -0.2) is 4.79 Å². The zero-order valence-electron chi connectivity index (χ0n) is 9.32. The van der Waals surface area contributed by atoms with Crippen LogP contribution in [-0.4, -0.2) is 17.6 Å². The number of aromatic nitrogens is 1. The average Bonchev–Trinajstić information content (AvgIpc) is 2.29. The van der Waals surface area contributed by atoms with Crippen LogP contribution in [0.2, 0.25) is 0 Å². The summed E-state index contributed by atoms with van der Waals surface area (Å²) < 4.78 is 5.10. The van der Waals surface area contributed by atoms with Gasteiger partial charge in [-0.3, -0.25) is 4.98 Å². The Morgan fingerprint density at radius 2 is 2.27 bits per heavy atom. The van der Waals surface area contributed by atoms with E-state index in [2.05, 4.69) is 11.9 Å². The summed E-state index contributed by atoms with van der Waals surface area (Å²) in [5.74, 6) is -0.249. The molecule has 0 aromatic carbocycles. The van der Waals surface area contributed by atoms with Crippen LogP contribution >= 0.6 is 0 Å². The highest BCUT2D eigenvalue weighted by Gasteiger charge is 2.06. The van der Waals surface area contributed by atoms with Crippen LogP contribution in [-0.2, 0) is 11.2 Å². The van der Waals surface area contributed by atoms with Gasteiger partial charge in [-0.1, -0.05) is 20.3 Å². The number of hydrogen-bond acceptors (Lipinski definition) is 3. The molecule has 0 saturated heterocycles. The fourth-order valence-electron chi connectivity index (χ4n) is 1.19. The molecule has 0 saturated carbocycles. The number of aryl methyl sites for hydroxylation is 1. The van der Waals surface area contributed by atoms with E-state index in [0.29, 0.717) is 12.2 Å². The van der Waals surface area contributed by atoms with Crippen molar-refractivity contribution in [1.29, 1.82) is 0 Å². The molecule has 0 atom stereocenters. The monoisotopic (exact) mass is 207 g/mol. The topological polar surface area (TPSA) is 39.2 Å². The van der Waals surface area contributed by atoms with Crippen molar-refractivity contribution >= 4 is 5.97 Å². The molecule has 0 aliphatic carbocycles. The first-order valence-electron chi connectivity index (χ1n) is 5.40. The molecule has 0 fully saturated rings. The minimum Gasteiger partial charge on any atom is -0.462 e. The van der Waals surface area contributed by atoms with Crippen LogP contribution in [0.5, 0.6) is 0 Å². The highest BCUT2D eigenvalue weighted by Crippen LogP contribution is 2.05. The number of pyridine rings is 1. The summed E-state index contributed by atoms with van der Waals surface area (Å²) >= 11 is 0. The first-order chi connectivity index (χ1) is 7.27. The first kappa shape index (κ1) is 11.7. The van der Waals surface area contributed by atoms with Crippen LogP contribution in [0, 0.1) is 0 Å². The fourth-order valence-corrected chi connectivity index (χ4v) is 1.19. The smallest absolute Gasteiger partial charge is 0.338 e. The van der Waals surface area contributed by atoms with E-state index in [4.69, 9.17) is 4.74 Å². The van der Waals surface area contributed by atoms with Gasteiger partial charge in [0.2, 0.25) is 0 Å². The quantitative estimate of drug-likeness (QED) is 0.550. The molecule has 82 valence electrons. The normalized spacial score (nSPS) is 10.0. The van der Waals surface area contributed by atoms with E-state index >= 15 is 0 Å². The van der Waals surface area contributed by atoms with Gasteiger partial charge in [-0.15, -0.1) is 0 Å². The number of hydrogen-bond donors (Lipinski definition) is 0. The van der Waals surface area contributed by atoms with E-state index in [9.17, 15) is 4.79 Å². The van der Waals surface area contributed by atoms with Crippen molar-refractivity contribution in [3.05, 3.63) is 29.6 Å². The van der Waals surface area contributed by atoms with Crippen LogP contribution in [0.25, 0.3) is 0 Å². The van der Waals surface area contributed by atoms with Crippen molar-refractivity contribution in [2.75, 3.05) is 6.61 Å². The molecule has 1 rings (SSSR count). The number of ether oxygens (including phenoxy) is 1. The number of nitrogens with zero attached hydrogens (tertiary/aromatic N) is 1. The Balaban J connectivity index is 2.57. The van der Waals surface area contributed by atoms with Crippen molar-refractivity contribution in [3.8, 4) is 0 Å². The molecule has 0 radical (unpaired) electrons. The van der Waals surface area contributed by atoms with Gasteiger partial charge in [0.25, 0.3) is 0 Å². The fraction of sp³-hybridized carbons (Fsp3) is 0.500. The standard InChI is InChI=1S/C12H17NO2/c1-3-5-8-15-12(14)10-6-7-13-11(4-2)9-10/h6-7,9H,3-5,8H2,1-2H3. The van der Waals surface area contributed by atoms with E-state index in [1.165, 1.54) is 0 Å². The summed E-state index contributed by atoms with van der Waals surface area (Å²) in [7, 11) is 0. The minimum atomic E-state index is -0.249. The zero-order chi connectivity index (χ0) is 11.1. The van der Waals surface area contributed by atoms with Crippen molar-refractivity contribution in [1.82, 2.24) is 4.98 Å². The number of carbonyl (C=O) groups is 1. The second kappa shape index (κ2) is 6.17. The summed E-state index contributed by atoms with van der Waals surface area (Å²) in [6.45, 7) is 4.57. The van der Waals surface area contributed by atoms with Gasteiger partial charge >= 0.3 is 5.97 Å². The molecule has 1 heterocycles. The largest absolute Gasteiger partial charge is 0.462 e. The lowest BCUT2D eigenvalue weighted by atomic mass is 10.2. The molecular formula is C12H17NO2. The molecule has 0 aliphatic heterocycles. The van der Waals surface area contributed by atoms with Crippen molar-refractivity contribution in [2.24, 2.45) is 0 Å². The number of unbranched alkanes of at least 4 members (excludes halogenated alkanes) is 1. The molecule has 3 heteroatoms. The lowest BCUT2D eigenvalue weighted by molar-refractivity contribution is 0.0499. The zero-order valence-corrected chi connectivity index (χ0v) is 9.32. The molecule has 0 N–H and O–H groups in total. The Labute approximate surface area is 90.5 Å². The molecular weight excluding hydrogens is 190 g/mol. The number of carbonyl (C=O) groups excluding carboxylic acids is 1. The summed E-state index contributed by atoms with van der Waals surface area (Å²) in [4.78, 5) is 15.7. The Bertz CT molecular complexity index is 323. The first-order valence-corrected chi connectivity index (χ1v) is 5.40. The molecule has 1 aromatic heterocycles. The van der Waals surface area contributed by atoms with Crippen LogP contribution in [0.15, 0.2) is 18.3 Å². The Hall–Kier alpha value is -1.38. The van der Waals surface area contributed by atoms with Crippen LogP contribution in [0.1, 0.15) is 42.7 Å². The van der Waals surface area contributed by atoms with Gasteiger partial charge in [-0.2, -0.15) is 0 Å². The third-order valence-electron chi connectivity index (χ3n) is 2.15. The highest BCUT2D eigenvalue weighted by atomic mass is 16.5. The van der Waals surface area contributed by atoms with Gasteiger partial charge < -0.3 is 4.74 Å². The highest BCUT2D eigenvalue weighted by molar-refractivity contribution is 5.89. The van der Waals surface area contributed by atoms with E-state index in [1.54, 1.807) is 18.3 Å². The van der Waals surface area contributed by atoms with Crippen LogP contribution < -0.4 is 0 Å². The summed E-state index contributed by atoms with van der Waals surface area (Å²) in [6, 6.07) is 3.47. The van der Waals surface area contributed by atoms with Gasteiger partial charge in [0.05, 0.1) is 12.2 Å². The Kier molecular flexibility index (Phi) is 4.81. The maximum absolute atomic E-state index is 11.5. The minimum absolute atomic E-state index is 0.249. The lowest BCUT2D eigenvalue weighted by Gasteiger charge is -2.04. The van der Waals surface area contributed by atoms with Gasteiger partial charge in [0.1, 0.15) is 0 Å². The second-order valence-corrected chi connectivity index (χ2v) is 3.38. The SMILES string of the molecule is CCCCOC(=O)c1ccnc(CC)c1. The van der Waals surface area contributed by atoms with E-state index in [1.807, 2.05) is 6.92 Å². The van der Waals surface area contributed by atoms with E-state index in [0.717, 1.165) is 25.0 Å². The average molecular weight is 207 g/mol. The van der Waals surface area contributed by atoms with Gasteiger partial charge in [0, 0.05) is 11.9 Å². The Morgan fingerprint density at radius 1 is 1.47 bits per heavy atom. The molecule has 0 unspecified atom stereocenters. The molecule has 0 amide bonds. The third-order valence-corrected chi connectivity index (χ3v) is 2.15. The van der Waals surface area contributed by atoms with Crippen molar-refractivity contribution < 1.29 is 9.53 Å². The van der Waals surface area contributed by atoms with E-state index < -0.39 is 0 Å². The molecule has 0 aliphatic rings. The van der Waals surface area contributed by atoms with Crippen LogP contribution in [0.3, 0.4) is 0 Å². The van der Waals surface area contributed by atoms with Crippen LogP contribution in [0.4, 0.5) is 0 Å². The van der Waals surface area contributed by atoms with Crippen molar-refractivity contribution in [3.63, 3.8) is 0 Å². The molecule has 15 heavy (non-hydrogen) atoms.